The molecule has 0 fully saturated rings. The van der Waals surface area contributed by atoms with Crippen molar-refractivity contribution in [2.24, 2.45) is 0 Å². The van der Waals surface area contributed by atoms with E-state index in [1.807, 2.05) is 54.6 Å². The summed E-state index contributed by atoms with van der Waals surface area (Å²) in [6.45, 7) is 0.560. The molecule has 0 radical (unpaired) electrons. The summed E-state index contributed by atoms with van der Waals surface area (Å²) in [5.74, 6) is 0.0427. The SMILES string of the molecule is O=C(O)C(Br)CCCc1ccc(OCc2ccccc2)cc1. The quantitative estimate of drug-likeness (QED) is 0.706. The molecule has 1 atom stereocenters. The normalized spacial score (nSPS) is 11.9. The molecule has 3 nitrogen and oxygen atoms in total. The molecule has 0 aromatic heterocycles. The van der Waals surface area contributed by atoms with Crippen molar-refractivity contribution in [3.63, 3.8) is 0 Å². The lowest BCUT2D eigenvalue weighted by atomic mass is 10.1. The number of alkyl halides is 1. The van der Waals surface area contributed by atoms with E-state index in [2.05, 4.69) is 15.9 Å². The number of hydrogen-bond acceptors (Lipinski definition) is 2. The Kier molecular flexibility index (Phi) is 6.46. The monoisotopic (exact) mass is 362 g/mol. The number of aryl methyl sites for hydroxylation is 1. The average molecular weight is 363 g/mol. The standard InChI is InChI=1S/C18H19BrO3/c19-17(18(20)21)8-4-7-14-9-11-16(12-10-14)22-13-15-5-2-1-3-6-15/h1-3,5-6,9-12,17H,4,7-8,13H2,(H,20,21). The lowest BCUT2D eigenvalue weighted by Crippen LogP contribution is -2.12. The van der Waals surface area contributed by atoms with E-state index in [4.69, 9.17) is 9.84 Å². The molecule has 1 N–H and O–H groups in total. The van der Waals surface area contributed by atoms with Gasteiger partial charge >= 0.3 is 5.97 Å². The number of carboxylic acids is 1. The van der Waals surface area contributed by atoms with Crippen LogP contribution in [0.3, 0.4) is 0 Å². The number of hydrogen-bond donors (Lipinski definition) is 1. The third kappa shape index (κ3) is 5.53. The second-order valence-corrected chi connectivity index (χ2v) is 6.22. The van der Waals surface area contributed by atoms with Gasteiger partial charge < -0.3 is 9.84 Å². The fourth-order valence-electron chi connectivity index (χ4n) is 2.10. The molecule has 0 bridgehead atoms. The first-order chi connectivity index (χ1) is 10.6. The highest BCUT2D eigenvalue weighted by atomic mass is 79.9. The number of carboxylic acid groups (broad SMARTS) is 1. The van der Waals surface area contributed by atoms with Crippen molar-refractivity contribution in [3.05, 3.63) is 65.7 Å². The van der Waals surface area contributed by atoms with Gasteiger partial charge in [-0.25, -0.2) is 0 Å². The summed E-state index contributed by atoms with van der Waals surface area (Å²) in [6, 6.07) is 18.0. The van der Waals surface area contributed by atoms with Gasteiger partial charge in [0.1, 0.15) is 17.2 Å². The first kappa shape index (κ1) is 16.6. The highest BCUT2D eigenvalue weighted by Gasteiger charge is 2.11. The van der Waals surface area contributed by atoms with Crippen molar-refractivity contribution in [2.75, 3.05) is 0 Å². The van der Waals surface area contributed by atoms with Crippen LogP contribution in [-0.2, 0) is 17.8 Å². The Balaban J connectivity index is 1.76. The molecular formula is C18H19BrO3. The molecular weight excluding hydrogens is 344 g/mol. The van der Waals surface area contributed by atoms with Crippen LogP contribution >= 0.6 is 15.9 Å². The molecule has 116 valence electrons. The van der Waals surface area contributed by atoms with E-state index >= 15 is 0 Å². The molecule has 0 heterocycles. The van der Waals surface area contributed by atoms with Gasteiger partial charge in [0, 0.05) is 0 Å². The predicted octanol–water partition coefficient (Wildman–Crippen LogP) is 4.44. The summed E-state index contributed by atoms with van der Waals surface area (Å²) >= 11 is 3.15. The molecule has 4 heteroatoms. The molecule has 0 aliphatic rings. The third-order valence-corrected chi connectivity index (χ3v) is 4.21. The van der Waals surface area contributed by atoms with E-state index in [0.717, 1.165) is 24.2 Å². The lowest BCUT2D eigenvalue weighted by Gasteiger charge is -2.08. The molecule has 2 aromatic rings. The van der Waals surface area contributed by atoms with Crippen LogP contribution in [0.1, 0.15) is 24.0 Å². The topological polar surface area (TPSA) is 46.5 Å². The van der Waals surface area contributed by atoms with Crippen LogP contribution < -0.4 is 4.74 Å². The number of rotatable bonds is 8. The Morgan fingerprint density at radius 1 is 1.05 bits per heavy atom. The second-order valence-electron chi connectivity index (χ2n) is 5.12. The van der Waals surface area contributed by atoms with Crippen molar-refractivity contribution in [1.29, 1.82) is 0 Å². The smallest absolute Gasteiger partial charge is 0.317 e. The van der Waals surface area contributed by atoms with Crippen molar-refractivity contribution < 1.29 is 14.6 Å². The van der Waals surface area contributed by atoms with Crippen molar-refractivity contribution in [2.45, 2.75) is 30.7 Å². The highest BCUT2D eigenvalue weighted by Crippen LogP contribution is 2.17. The Morgan fingerprint density at radius 2 is 1.73 bits per heavy atom. The maximum atomic E-state index is 10.7. The molecule has 2 rings (SSSR count). The van der Waals surface area contributed by atoms with Crippen LogP contribution in [0.15, 0.2) is 54.6 Å². The summed E-state index contributed by atoms with van der Waals surface area (Å²) in [5.41, 5.74) is 2.33. The number of aliphatic carboxylic acids is 1. The van der Waals surface area contributed by atoms with Crippen LogP contribution in [0.5, 0.6) is 5.75 Å². The summed E-state index contributed by atoms with van der Waals surface area (Å²) < 4.78 is 5.74. The second kappa shape index (κ2) is 8.59. The number of carbonyl (C=O) groups is 1. The summed E-state index contributed by atoms with van der Waals surface area (Å²) in [4.78, 5) is 10.3. The minimum Gasteiger partial charge on any atom is -0.489 e. The lowest BCUT2D eigenvalue weighted by molar-refractivity contribution is -0.136. The zero-order valence-corrected chi connectivity index (χ0v) is 13.8. The van der Waals surface area contributed by atoms with Crippen molar-refractivity contribution in [3.8, 4) is 5.75 Å². The zero-order valence-electron chi connectivity index (χ0n) is 12.2. The van der Waals surface area contributed by atoms with Gasteiger partial charge in [0.05, 0.1) is 0 Å². The number of ether oxygens (including phenoxy) is 1. The van der Waals surface area contributed by atoms with Crippen LogP contribution in [0.25, 0.3) is 0 Å². The Labute approximate surface area is 139 Å². The summed E-state index contributed by atoms with van der Waals surface area (Å²) in [7, 11) is 0. The number of halogens is 1. The summed E-state index contributed by atoms with van der Waals surface area (Å²) in [5, 5.41) is 8.81. The highest BCUT2D eigenvalue weighted by molar-refractivity contribution is 9.10. The molecule has 2 aromatic carbocycles. The van der Waals surface area contributed by atoms with E-state index in [0.29, 0.717) is 13.0 Å². The van der Waals surface area contributed by atoms with Crippen LogP contribution in [-0.4, -0.2) is 15.9 Å². The summed E-state index contributed by atoms with van der Waals surface area (Å²) in [6.07, 6.45) is 2.34. The first-order valence-electron chi connectivity index (χ1n) is 7.27. The van der Waals surface area contributed by atoms with Crippen molar-refractivity contribution in [1.82, 2.24) is 0 Å². The van der Waals surface area contributed by atoms with Gasteiger partial charge in [-0.2, -0.15) is 0 Å². The minimum atomic E-state index is -0.801. The predicted molar refractivity (Wildman–Crippen MR) is 90.5 cm³/mol. The maximum Gasteiger partial charge on any atom is 0.317 e. The minimum absolute atomic E-state index is 0.457. The van der Waals surface area contributed by atoms with Crippen molar-refractivity contribution >= 4 is 21.9 Å². The Morgan fingerprint density at radius 3 is 2.36 bits per heavy atom. The van der Waals surface area contributed by atoms with E-state index in [9.17, 15) is 4.79 Å². The third-order valence-electron chi connectivity index (χ3n) is 3.36. The van der Waals surface area contributed by atoms with Gasteiger partial charge in [0.25, 0.3) is 0 Å². The average Bonchev–Trinajstić information content (AvgIpc) is 2.55. The van der Waals surface area contributed by atoms with E-state index < -0.39 is 10.8 Å². The van der Waals surface area contributed by atoms with E-state index in [1.165, 1.54) is 5.56 Å². The Bertz CT molecular complexity index is 581. The molecule has 1 unspecified atom stereocenters. The van der Waals surface area contributed by atoms with Crippen LogP contribution in [0.4, 0.5) is 0 Å². The zero-order chi connectivity index (χ0) is 15.8. The molecule has 0 saturated carbocycles. The largest absolute Gasteiger partial charge is 0.489 e. The molecule has 0 spiro atoms. The molecule has 0 saturated heterocycles. The van der Waals surface area contributed by atoms with E-state index in [1.54, 1.807) is 0 Å². The van der Waals surface area contributed by atoms with Crippen LogP contribution in [0, 0.1) is 0 Å². The van der Waals surface area contributed by atoms with Crippen LogP contribution in [0.2, 0.25) is 0 Å². The van der Waals surface area contributed by atoms with Gasteiger partial charge in [0.15, 0.2) is 0 Å². The molecule has 22 heavy (non-hydrogen) atoms. The van der Waals surface area contributed by atoms with Gasteiger partial charge in [-0.05, 0) is 42.5 Å². The molecule has 0 aliphatic heterocycles. The first-order valence-corrected chi connectivity index (χ1v) is 8.19. The van der Waals surface area contributed by atoms with Gasteiger partial charge in [-0.3, -0.25) is 4.79 Å². The van der Waals surface area contributed by atoms with E-state index in [-0.39, 0.29) is 0 Å². The molecule has 0 aliphatic carbocycles. The molecule has 0 amide bonds. The van der Waals surface area contributed by atoms with Gasteiger partial charge in [-0.15, -0.1) is 0 Å². The number of benzene rings is 2. The fraction of sp³-hybridized carbons (Fsp3) is 0.278. The maximum absolute atomic E-state index is 10.7. The Hall–Kier alpha value is -1.81. The fourth-order valence-corrected chi connectivity index (χ4v) is 2.43. The van der Waals surface area contributed by atoms with Gasteiger partial charge in [-0.1, -0.05) is 58.4 Å². The van der Waals surface area contributed by atoms with Gasteiger partial charge in [0.2, 0.25) is 0 Å².